The van der Waals surface area contributed by atoms with E-state index >= 15 is 0 Å². The van der Waals surface area contributed by atoms with Crippen molar-refractivity contribution in [3.05, 3.63) is 29.0 Å². The maximum Gasteiger partial charge on any atom is 0.319 e. The highest BCUT2D eigenvalue weighted by molar-refractivity contribution is 6.31. The van der Waals surface area contributed by atoms with Crippen LogP contribution in [0.3, 0.4) is 0 Å². The Morgan fingerprint density at radius 3 is 2.78 bits per heavy atom. The highest BCUT2D eigenvalue weighted by Gasteiger charge is 2.35. The molecular formula is C16H19ClFN3O2. The van der Waals surface area contributed by atoms with Crippen molar-refractivity contribution in [1.82, 2.24) is 10.2 Å². The molecule has 2 fully saturated rings. The number of urea groups is 1. The monoisotopic (exact) mass is 339 g/mol. The molecular weight excluding hydrogens is 321 g/mol. The van der Waals surface area contributed by atoms with Gasteiger partial charge in [-0.2, -0.15) is 0 Å². The summed E-state index contributed by atoms with van der Waals surface area (Å²) in [7, 11) is 0. The largest absolute Gasteiger partial charge is 0.340 e. The SMILES string of the molecule is O=C(Nc1cccc(Cl)c1F)N[C@H]1CCCN(C(=O)C2CC2)C1. The van der Waals surface area contributed by atoms with Gasteiger partial charge in [0.1, 0.15) is 0 Å². The second-order valence-electron chi connectivity index (χ2n) is 6.10. The van der Waals surface area contributed by atoms with Crippen molar-refractivity contribution in [3.63, 3.8) is 0 Å². The Labute approximate surface area is 139 Å². The average molecular weight is 340 g/mol. The lowest BCUT2D eigenvalue weighted by Gasteiger charge is -2.33. The second kappa shape index (κ2) is 6.74. The number of carbonyl (C=O) groups is 2. The number of halogens is 2. The van der Waals surface area contributed by atoms with Gasteiger partial charge in [0.2, 0.25) is 5.91 Å². The Balaban J connectivity index is 1.54. The average Bonchev–Trinajstić information content (AvgIpc) is 3.36. The van der Waals surface area contributed by atoms with E-state index in [0.717, 1.165) is 32.2 Å². The lowest BCUT2D eigenvalue weighted by atomic mass is 10.1. The van der Waals surface area contributed by atoms with Crippen LogP contribution in [-0.2, 0) is 4.79 Å². The number of amides is 3. The van der Waals surface area contributed by atoms with E-state index in [2.05, 4.69) is 10.6 Å². The van der Waals surface area contributed by atoms with Crippen molar-refractivity contribution in [2.75, 3.05) is 18.4 Å². The first-order valence-electron chi connectivity index (χ1n) is 7.85. The van der Waals surface area contributed by atoms with Crippen LogP contribution in [0.25, 0.3) is 0 Å². The zero-order chi connectivity index (χ0) is 16.4. The van der Waals surface area contributed by atoms with Crippen LogP contribution in [0.5, 0.6) is 0 Å². The van der Waals surface area contributed by atoms with E-state index in [1.54, 1.807) is 6.07 Å². The molecule has 2 aliphatic rings. The van der Waals surface area contributed by atoms with Crippen molar-refractivity contribution in [2.45, 2.75) is 31.7 Å². The summed E-state index contributed by atoms with van der Waals surface area (Å²) in [5.41, 5.74) is 0.0386. The minimum absolute atomic E-state index is 0.0386. The number of rotatable bonds is 3. The lowest BCUT2D eigenvalue weighted by molar-refractivity contribution is -0.133. The molecule has 1 aliphatic heterocycles. The van der Waals surface area contributed by atoms with Gasteiger partial charge < -0.3 is 15.5 Å². The minimum Gasteiger partial charge on any atom is -0.340 e. The van der Waals surface area contributed by atoms with Crippen molar-refractivity contribution < 1.29 is 14.0 Å². The van der Waals surface area contributed by atoms with Crippen molar-refractivity contribution in [3.8, 4) is 0 Å². The molecule has 1 aliphatic carbocycles. The third kappa shape index (κ3) is 3.93. The molecule has 0 bridgehead atoms. The standard InChI is InChI=1S/C16H19ClFN3O2/c17-12-4-1-5-13(14(12)18)20-16(23)19-11-3-2-8-21(9-11)15(22)10-6-7-10/h1,4-5,10-11H,2-3,6-9H2,(H2,19,20,23)/t11-/m0/s1. The second-order valence-corrected chi connectivity index (χ2v) is 6.50. The van der Waals surface area contributed by atoms with E-state index in [4.69, 9.17) is 11.6 Å². The molecule has 0 aromatic heterocycles. The molecule has 0 spiro atoms. The van der Waals surface area contributed by atoms with Crippen LogP contribution < -0.4 is 10.6 Å². The number of hydrogen-bond donors (Lipinski definition) is 2. The zero-order valence-electron chi connectivity index (χ0n) is 12.6. The van der Waals surface area contributed by atoms with Crippen molar-refractivity contribution in [1.29, 1.82) is 0 Å². The molecule has 3 amide bonds. The quantitative estimate of drug-likeness (QED) is 0.889. The van der Waals surface area contributed by atoms with Gasteiger partial charge in [-0.05, 0) is 37.8 Å². The molecule has 1 heterocycles. The molecule has 3 rings (SSSR count). The van der Waals surface area contributed by atoms with E-state index in [0.29, 0.717) is 6.54 Å². The summed E-state index contributed by atoms with van der Waals surface area (Å²) in [6.07, 6.45) is 3.61. The summed E-state index contributed by atoms with van der Waals surface area (Å²) in [6.45, 7) is 1.26. The fourth-order valence-corrected chi connectivity index (χ4v) is 3.00. The summed E-state index contributed by atoms with van der Waals surface area (Å²) < 4.78 is 13.8. The number of carbonyl (C=O) groups excluding carboxylic acids is 2. The number of anilines is 1. The van der Waals surface area contributed by atoms with Crippen LogP contribution in [0.2, 0.25) is 5.02 Å². The van der Waals surface area contributed by atoms with Crippen molar-refractivity contribution >= 4 is 29.2 Å². The number of nitrogens with one attached hydrogen (secondary N) is 2. The first-order valence-corrected chi connectivity index (χ1v) is 8.22. The molecule has 2 N–H and O–H groups in total. The van der Waals surface area contributed by atoms with E-state index in [9.17, 15) is 14.0 Å². The molecule has 1 aromatic carbocycles. The predicted molar refractivity (Wildman–Crippen MR) is 85.9 cm³/mol. The molecule has 124 valence electrons. The molecule has 1 saturated heterocycles. The third-order valence-corrected chi connectivity index (χ3v) is 4.49. The van der Waals surface area contributed by atoms with E-state index in [1.807, 2.05) is 4.90 Å². The van der Waals surface area contributed by atoms with Crippen LogP contribution in [0.15, 0.2) is 18.2 Å². The van der Waals surface area contributed by atoms with Gasteiger partial charge in [0.05, 0.1) is 10.7 Å². The van der Waals surface area contributed by atoms with Crippen LogP contribution in [0.4, 0.5) is 14.9 Å². The summed E-state index contributed by atoms with van der Waals surface area (Å²) in [6, 6.07) is 3.83. The first-order chi connectivity index (χ1) is 11.0. The normalized spacial score (nSPS) is 21.0. The van der Waals surface area contributed by atoms with Crippen LogP contribution in [0.1, 0.15) is 25.7 Å². The molecule has 0 unspecified atom stereocenters. The zero-order valence-corrected chi connectivity index (χ0v) is 13.4. The van der Waals surface area contributed by atoms with Crippen molar-refractivity contribution in [2.24, 2.45) is 5.92 Å². The van der Waals surface area contributed by atoms with E-state index < -0.39 is 11.8 Å². The van der Waals surface area contributed by atoms with Crippen LogP contribution >= 0.6 is 11.6 Å². The molecule has 1 atom stereocenters. The van der Waals surface area contributed by atoms with Gasteiger partial charge in [-0.3, -0.25) is 4.79 Å². The highest BCUT2D eigenvalue weighted by atomic mass is 35.5. The Morgan fingerprint density at radius 2 is 2.04 bits per heavy atom. The Kier molecular flexibility index (Phi) is 4.71. The number of likely N-dealkylation sites (tertiary alicyclic amines) is 1. The highest BCUT2D eigenvalue weighted by Crippen LogP contribution is 2.32. The minimum atomic E-state index is -0.654. The fraction of sp³-hybridized carbons (Fsp3) is 0.500. The maximum atomic E-state index is 13.8. The molecule has 1 aromatic rings. The van der Waals surface area contributed by atoms with Crippen LogP contribution in [-0.4, -0.2) is 36.0 Å². The fourth-order valence-electron chi connectivity index (χ4n) is 2.83. The molecule has 23 heavy (non-hydrogen) atoms. The summed E-state index contributed by atoms with van der Waals surface area (Å²) in [4.78, 5) is 26.0. The van der Waals surface area contributed by atoms with Gasteiger partial charge in [0.25, 0.3) is 0 Å². The maximum absolute atomic E-state index is 13.8. The van der Waals surface area contributed by atoms with Gasteiger partial charge in [-0.25, -0.2) is 9.18 Å². The van der Waals surface area contributed by atoms with Gasteiger partial charge >= 0.3 is 6.03 Å². The Hall–Kier alpha value is -1.82. The summed E-state index contributed by atoms with van der Waals surface area (Å²) in [5.74, 6) is -0.278. The van der Waals surface area contributed by atoms with Gasteiger partial charge in [-0.1, -0.05) is 17.7 Å². The molecule has 0 radical (unpaired) electrons. The van der Waals surface area contributed by atoms with Crippen LogP contribution in [0, 0.1) is 11.7 Å². The number of nitrogens with zero attached hydrogens (tertiary/aromatic N) is 1. The van der Waals surface area contributed by atoms with E-state index in [-0.39, 0.29) is 28.6 Å². The molecule has 1 saturated carbocycles. The number of hydrogen-bond acceptors (Lipinski definition) is 2. The van der Waals surface area contributed by atoms with Gasteiger partial charge in [0.15, 0.2) is 5.82 Å². The van der Waals surface area contributed by atoms with Gasteiger partial charge in [-0.15, -0.1) is 0 Å². The van der Waals surface area contributed by atoms with Gasteiger partial charge in [0, 0.05) is 25.0 Å². The first kappa shape index (κ1) is 16.1. The molecule has 5 nitrogen and oxygen atoms in total. The Bertz CT molecular complexity index is 621. The Morgan fingerprint density at radius 1 is 1.26 bits per heavy atom. The molecule has 7 heteroatoms. The topological polar surface area (TPSA) is 61.4 Å². The number of benzene rings is 1. The number of piperidine rings is 1. The smallest absolute Gasteiger partial charge is 0.319 e. The third-order valence-electron chi connectivity index (χ3n) is 4.19. The summed E-state index contributed by atoms with van der Waals surface area (Å²) in [5, 5.41) is 5.23. The van der Waals surface area contributed by atoms with E-state index in [1.165, 1.54) is 12.1 Å². The lowest BCUT2D eigenvalue weighted by Crippen LogP contribution is -2.50. The summed E-state index contributed by atoms with van der Waals surface area (Å²) >= 11 is 5.69. The predicted octanol–water partition coefficient (Wildman–Crippen LogP) is 3.00.